The van der Waals surface area contributed by atoms with Crippen LogP contribution in [0, 0.1) is 12.8 Å². The zero-order valence-corrected chi connectivity index (χ0v) is 17.0. The number of sulfonamides is 1. The molecule has 0 unspecified atom stereocenters. The summed E-state index contributed by atoms with van der Waals surface area (Å²) in [5, 5.41) is 1.45. The minimum absolute atomic E-state index is 0.109. The molecule has 3 N–H and O–H groups in total. The lowest BCUT2D eigenvalue weighted by Gasteiger charge is -2.32. The molecular formula is C19H25N3O3S2. The van der Waals surface area contributed by atoms with Gasteiger partial charge < -0.3 is 5.73 Å². The first-order valence-corrected chi connectivity index (χ1v) is 11.4. The molecule has 0 saturated carbocycles. The van der Waals surface area contributed by atoms with Gasteiger partial charge in [0.25, 0.3) is 5.91 Å². The van der Waals surface area contributed by atoms with Crippen LogP contribution in [-0.4, -0.2) is 38.9 Å². The van der Waals surface area contributed by atoms with Crippen LogP contribution in [0.4, 0.5) is 0 Å². The molecule has 0 spiro atoms. The third kappa shape index (κ3) is 5.38. The Balaban J connectivity index is 1.47. The number of benzene rings is 1. The van der Waals surface area contributed by atoms with Gasteiger partial charge in [0, 0.05) is 18.5 Å². The van der Waals surface area contributed by atoms with Gasteiger partial charge in [-0.15, -0.1) is 11.3 Å². The molecule has 6 nitrogen and oxygen atoms in total. The van der Waals surface area contributed by atoms with Crippen LogP contribution >= 0.6 is 11.3 Å². The average molecular weight is 408 g/mol. The van der Waals surface area contributed by atoms with E-state index in [4.69, 9.17) is 5.73 Å². The first-order valence-electron chi connectivity index (χ1n) is 8.99. The van der Waals surface area contributed by atoms with Gasteiger partial charge in [0.15, 0.2) is 0 Å². The number of carbonyl (C=O) groups is 1. The standard InChI is InChI=1S/C19H25N3O3S2/c1-14-2-4-16(5-3-14)12-22-8-6-15(7-9-22)11-21-27(24,25)17-10-18(19(20)23)26-13-17/h2-5,10,13,15,21H,6-9,11-12H2,1H3,(H2,20,23). The molecule has 1 aliphatic rings. The Morgan fingerprint density at radius 1 is 1.26 bits per heavy atom. The number of nitrogens with zero attached hydrogens (tertiary/aromatic N) is 1. The first-order chi connectivity index (χ1) is 12.8. The predicted molar refractivity (Wildman–Crippen MR) is 107 cm³/mol. The molecule has 1 amide bonds. The highest BCUT2D eigenvalue weighted by Gasteiger charge is 2.23. The maximum atomic E-state index is 12.4. The fraction of sp³-hybridized carbons (Fsp3) is 0.421. The van der Waals surface area contributed by atoms with Crippen molar-refractivity contribution in [1.82, 2.24) is 9.62 Å². The fourth-order valence-electron chi connectivity index (χ4n) is 3.20. The van der Waals surface area contributed by atoms with E-state index in [1.807, 2.05) is 0 Å². The number of primary amides is 1. The second-order valence-corrected chi connectivity index (χ2v) is 9.75. The molecule has 2 heterocycles. The summed E-state index contributed by atoms with van der Waals surface area (Å²) in [5.74, 6) is -0.286. The number of nitrogens with two attached hydrogens (primary N) is 1. The van der Waals surface area contributed by atoms with Gasteiger partial charge in [-0.1, -0.05) is 29.8 Å². The van der Waals surface area contributed by atoms with Crippen molar-refractivity contribution >= 4 is 27.3 Å². The summed E-state index contributed by atoms with van der Waals surface area (Å²) in [6.45, 7) is 5.36. The van der Waals surface area contributed by atoms with E-state index in [-0.39, 0.29) is 9.77 Å². The van der Waals surface area contributed by atoms with Gasteiger partial charge in [-0.3, -0.25) is 9.69 Å². The Morgan fingerprint density at radius 2 is 1.93 bits per heavy atom. The van der Waals surface area contributed by atoms with Crippen LogP contribution in [0.2, 0.25) is 0 Å². The zero-order valence-electron chi connectivity index (χ0n) is 15.3. The van der Waals surface area contributed by atoms with Gasteiger partial charge in [0.1, 0.15) is 0 Å². The highest BCUT2D eigenvalue weighted by Crippen LogP contribution is 2.21. The molecule has 146 valence electrons. The van der Waals surface area contributed by atoms with Crippen LogP contribution < -0.4 is 10.5 Å². The number of nitrogens with one attached hydrogen (secondary N) is 1. The summed E-state index contributed by atoms with van der Waals surface area (Å²) < 4.78 is 27.4. The molecule has 2 aromatic rings. The largest absolute Gasteiger partial charge is 0.365 e. The van der Waals surface area contributed by atoms with E-state index in [2.05, 4.69) is 40.8 Å². The molecule has 27 heavy (non-hydrogen) atoms. The number of hydrogen-bond donors (Lipinski definition) is 2. The van der Waals surface area contributed by atoms with E-state index >= 15 is 0 Å². The molecule has 0 radical (unpaired) electrons. The lowest BCUT2D eigenvalue weighted by atomic mass is 9.97. The second-order valence-electron chi connectivity index (χ2n) is 7.07. The lowest BCUT2D eigenvalue weighted by Crippen LogP contribution is -2.38. The van der Waals surface area contributed by atoms with Crippen LogP contribution in [0.25, 0.3) is 0 Å². The molecule has 0 aliphatic carbocycles. The first kappa shape index (κ1) is 20.0. The van der Waals surface area contributed by atoms with Crippen molar-refractivity contribution in [3.8, 4) is 0 Å². The Kier molecular flexibility index (Phi) is 6.31. The topological polar surface area (TPSA) is 92.5 Å². The van der Waals surface area contributed by atoms with Crippen LogP contribution in [0.15, 0.2) is 40.6 Å². The van der Waals surface area contributed by atoms with E-state index in [0.717, 1.165) is 43.8 Å². The Morgan fingerprint density at radius 3 is 2.52 bits per heavy atom. The zero-order chi connectivity index (χ0) is 19.4. The molecule has 1 saturated heterocycles. The molecular weight excluding hydrogens is 382 g/mol. The number of likely N-dealkylation sites (tertiary alicyclic amines) is 1. The van der Waals surface area contributed by atoms with Crippen molar-refractivity contribution in [3.63, 3.8) is 0 Å². The quantitative estimate of drug-likeness (QED) is 0.737. The summed E-state index contributed by atoms with van der Waals surface area (Å²) in [6.07, 6.45) is 1.93. The van der Waals surface area contributed by atoms with Gasteiger partial charge in [0.2, 0.25) is 10.0 Å². The Bertz CT molecular complexity index is 883. The predicted octanol–water partition coefficient (Wildman–Crippen LogP) is 2.35. The van der Waals surface area contributed by atoms with Crippen molar-refractivity contribution in [3.05, 3.63) is 51.7 Å². The van der Waals surface area contributed by atoms with E-state index < -0.39 is 15.9 Å². The van der Waals surface area contributed by atoms with Crippen LogP contribution in [0.3, 0.4) is 0 Å². The minimum Gasteiger partial charge on any atom is -0.365 e. The third-order valence-electron chi connectivity index (χ3n) is 4.92. The highest BCUT2D eigenvalue weighted by molar-refractivity contribution is 7.89. The summed E-state index contributed by atoms with van der Waals surface area (Å²) in [6, 6.07) is 9.92. The van der Waals surface area contributed by atoms with Crippen molar-refractivity contribution in [2.24, 2.45) is 11.7 Å². The van der Waals surface area contributed by atoms with Gasteiger partial charge >= 0.3 is 0 Å². The van der Waals surface area contributed by atoms with Crippen LogP contribution in [-0.2, 0) is 16.6 Å². The summed E-state index contributed by atoms with van der Waals surface area (Å²) in [7, 11) is -3.60. The van der Waals surface area contributed by atoms with Crippen molar-refractivity contribution in [2.75, 3.05) is 19.6 Å². The summed E-state index contributed by atoms with van der Waals surface area (Å²) >= 11 is 1.05. The van der Waals surface area contributed by atoms with E-state index in [0.29, 0.717) is 12.5 Å². The van der Waals surface area contributed by atoms with Crippen molar-refractivity contribution in [1.29, 1.82) is 0 Å². The maximum absolute atomic E-state index is 12.4. The summed E-state index contributed by atoms with van der Waals surface area (Å²) in [5.41, 5.74) is 7.76. The lowest BCUT2D eigenvalue weighted by molar-refractivity contribution is 0.100. The number of carbonyl (C=O) groups excluding carboxylic acids is 1. The van der Waals surface area contributed by atoms with Gasteiger partial charge in [0.05, 0.1) is 9.77 Å². The number of thiophene rings is 1. The third-order valence-corrected chi connectivity index (χ3v) is 7.42. The minimum atomic E-state index is -3.60. The maximum Gasteiger partial charge on any atom is 0.258 e. The highest BCUT2D eigenvalue weighted by atomic mass is 32.2. The monoisotopic (exact) mass is 407 g/mol. The molecule has 1 aromatic heterocycles. The van der Waals surface area contributed by atoms with E-state index in [1.165, 1.54) is 22.6 Å². The average Bonchev–Trinajstić information content (AvgIpc) is 3.15. The number of piperidine rings is 1. The van der Waals surface area contributed by atoms with E-state index in [1.54, 1.807) is 0 Å². The normalized spacial score (nSPS) is 16.5. The van der Waals surface area contributed by atoms with Crippen molar-refractivity contribution < 1.29 is 13.2 Å². The second kappa shape index (κ2) is 8.52. The SMILES string of the molecule is Cc1ccc(CN2CCC(CNS(=O)(=O)c3csc(C(N)=O)c3)CC2)cc1. The van der Waals surface area contributed by atoms with Crippen LogP contribution in [0.5, 0.6) is 0 Å². The number of hydrogen-bond acceptors (Lipinski definition) is 5. The fourth-order valence-corrected chi connectivity index (χ4v) is 5.44. The molecule has 1 fully saturated rings. The number of aryl methyl sites for hydroxylation is 1. The molecule has 1 aliphatic heterocycles. The summed E-state index contributed by atoms with van der Waals surface area (Å²) in [4.78, 5) is 13.9. The molecule has 0 atom stereocenters. The van der Waals surface area contributed by atoms with E-state index in [9.17, 15) is 13.2 Å². The number of amides is 1. The van der Waals surface area contributed by atoms with Gasteiger partial charge in [-0.25, -0.2) is 13.1 Å². The Labute approximate surface area is 164 Å². The Hall–Kier alpha value is -1.74. The van der Waals surface area contributed by atoms with Gasteiger partial charge in [-0.2, -0.15) is 0 Å². The molecule has 0 bridgehead atoms. The van der Waals surface area contributed by atoms with Crippen molar-refractivity contribution in [2.45, 2.75) is 31.2 Å². The van der Waals surface area contributed by atoms with Gasteiger partial charge in [-0.05, 0) is 50.4 Å². The van der Waals surface area contributed by atoms with Crippen LogP contribution in [0.1, 0.15) is 33.6 Å². The smallest absolute Gasteiger partial charge is 0.258 e. The number of rotatable bonds is 7. The molecule has 1 aromatic carbocycles. The molecule has 3 rings (SSSR count). The molecule has 8 heteroatoms.